The number of rotatable bonds is 7. The summed E-state index contributed by atoms with van der Waals surface area (Å²) < 4.78 is 12.1. The summed E-state index contributed by atoms with van der Waals surface area (Å²) in [7, 11) is -0.859. The number of piperidine rings is 1. The maximum Gasteiger partial charge on any atom is 0.191 e. The predicted octanol–water partition coefficient (Wildman–Crippen LogP) is 3.28. The highest BCUT2D eigenvalue weighted by Gasteiger charge is 2.40. The van der Waals surface area contributed by atoms with Crippen molar-refractivity contribution in [2.45, 2.75) is 82.8 Å². The lowest BCUT2D eigenvalue weighted by Gasteiger charge is -2.39. The smallest absolute Gasteiger partial charge is 0.191 e. The summed E-state index contributed by atoms with van der Waals surface area (Å²) in [6.45, 7) is 10.7. The van der Waals surface area contributed by atoms with Gasteiger partial charge in [0, 0.05) is 52.5 Å². The summed E-state index contributed by atoms with van der Waals surface area (Å²) in [5, 5.41) is 7.04. The number of nitrogens with zero attached hydrogens (tertiary/aromatic N) is 2. The van der Waals surface area contributed by atoms with Gasteiger partial charge in [0.1, 0.15) is 0 Å². The molecule has 2 bridgehead atoms. The Labute approximate surface area is 179 Å². The molecule has 2 aliphatic rings. The van der Waals surface area contributed by atoms with Crippen molar-refractivity contribution in [1.82, 2.24) is 15.5 Å². The second kappa shape index (κ2) is 10.1. The van der Waals surface area contributed by atoms with Gasteiger partial charge in [-0.1, -0.05) is 30.3 Å². The van der Waals surface area contributed by atoms with Gasteiger partial charge in [0.05, 0.1) is 6.54 Å². The molecule has 0 aliphatic carbocycles. The van der Waals surface area contributed by atoms with Crippen LogP contribution in [0.2, 0.25) is 0 Å². The number of hydrogen-bond donors (Lipinski definition) is 2. The van der Waals surface area contributed by atoms with Gasteiger partial charge in [0.15, 0.2) is 5.96 Å². The van der Waals surface area contributed by atoms with E-state index in [9.17, 15) is 4.21 Å². The summed E-state index contributed by atoms with van der Waals surface area (Å²) in [6, 6.07) is 12.6. The van der Waals surface area contributed by atoms with E-state index < -0.39 is 10.8 Å². The van der Waals surface area contributed by atoms with E-state index in [4.69, 9.17) is 4.99 Å². The molecule has 5 nitrogen and oxygen atoms in total. The number of guanidine groups is 1. The normalized spacial score (nSPS) is 26.3. The molecule has 1 aromatic carbocycles. The summed E-state index contributed by atoms with van der Waals surface area (Å²) in [6.07, 6.45) is 4.94. The van der Waals surface area contributed by atoms with Crippen LogP contribution in [0.25, 0.3) is 0 Å². The molecule has 2 heterocycles. The molecule has 3 unspecified atom stereocenters. The van der Waals surface area contributed by atoms with Crippen molar-refractivity contribution in [2.24, 2.45) is 4.99 Å². The summed E-state index contributed by atoms with van der Waals surface area (Å²) in [4.78, 5) is 7.42. The Hall–Kier alpha value is -1.40. The van der Waals surface area contributed by atoms with Gasteiger partial charge in [-0.25, -0.2) is 0 Å². The molecule has 0 spiro atoms. The van der Waals surface area contributed by atoms with Crippen molar-refractivity contribution < 1.29 is 4.21 Å². The van der Waals surface area contributed by atoms with Gasteiger partial charge < -0.3 is 10.6 Å². The summed E-state index contributed by atoms with van der Waals surface area (Å²) >= 11 is 0. The van der Waals surface area contributed by atoms with Crippen LogP contribution in [-0.4, -0.2) is 56.8 Å². The zero-order valence-electron chi connectivity index (χ0n) is 18.5. The molecule has 2 N–H and O–H groups in total. The van der Waals surface area contributed by atoms with Crippen molar-refractivity contribution in [3.63, 3.8) is 0 Å². The lowest BCUT2D eigenvalue weighted by atomic mass is 9.96. The first-order valence-corrected chi connectivity index (χ1v) is 12.4. The predicted molar refractivity (Wildman–Crippen MR) is 124 cm³/mol. The van der Waals surface area contributed by atoms with E-state index in [0.29, 0.717) is 30.4 Å². The van der Waals surface area contributed by atoms with Crippen LogP contribution in [0.15, 0.2) is 35.3 Å². The van der Waals surface area contributed by atoms with Gasteiger partial charge in [-0.15, -0.1) is 0 Å². The SMILES string of the molecule is CCNC(=NCCS(=O)C(C)(C)C)NC1CC2CCC(C1)N2Cc1ccccc1. The fourth-order valence-electron chi connectivity index (χ4n) is 4.50. The third-order valence-corrected chi connectivity index (χ3v) is 7.93. The maximum atomic E-state index is 12.3. The van der Waals surface area contributed by atoms with E-state index in [-0.39, 0.29) is 4.75 Å². The minimum absolute atomic E-state index is 0.175. The van der Waals surface area contributed by atoms with Gasteiger partial charge in [0.2, 0.25) is 0 Å². The highest BCUT2D eigenvalue weighted by Crippen LogP contribution is 2.36. The number of benzene rings is 1. The first-order chi connectivity index (χ1) is 13.9. The Kier molecular flexibility index (Phi) is 7.74. The minimum atomic E-state index is -0.859. The van der Waals surface area contributed by atoms with Crippen LogP contribution >= 0.6 is 0 Å². The largest absolute Gasteiger partial charge is 0.357 e. The second-order valence-corrected chi connectivity index (χ2v) is 11.6. The van der Waals surface area contributed by atoms with Crippen LogP contribution in [0.1, 0.15) is 58.9 Å². The molecular weight excluding hydrogens is 380 g/mol. The number of aliphatic imine (C=N–C) groups is 1. The highest BCUT2D eigenvalue weighted by atomic mass is 32.2. The van der Waals surface area contributed by atoms with Gasteiger partial charge in [0.25, 0.3) is 0 Å². The average Bonchev–Trinajstić information content (AvgIpc) is 2.90. The Bertz CT molecular complexity index is 687. The van der Waals surface area contributed by atoms with Gasteiger partial charge in [-0.2, -0.15) is 0 Å². The topological polar surface area (TPSA) is 56.7 Å². The fourth-order valence-corrected chi connectivity index (χ4v) is 5.37. The molecule has 29 heavy (non-hydrogen) atoms. The number of nitrogens with one attached hydrogen (secondary N) is 2. The summed E-state index contributed by atoms with van der Waals surface area (Å²) in [5.41, 5.74) is 1.41. The monoisotopic (exact) mass is 418 g/mol. The quantitative estimate of drug-likeness (QED) is 0.527. The molecular formula is C23H38N4OS. The molecule has 2 saturated heterocycles. The fraction of sp³-hybridized carbons (Fsp3) is 0.696. The lowest BCUT2D eigenvalue weighted by molar-refractivity contribution is 0.114. The standard InChI is InChI=1S/C23H38N4OS/c1-5-24-22(25-13-14-29(28)23(2,3)4)26-19-15-20-11-12-21(16-19)27(20)17-18-9-7-6-8-10-18/h6-10,19-21H,5,11-17H2,1-4H3,(H2,24,25,26). The second-order valence-electron chi connectivity index (χ2n) is 9.28. The van der Waals surface area contributed by atoms with E-state index in [1.165, 1.54) is 31.2 Å². The van der Waals surface area contributed by atoms with Gasteiger partial charge >= 0.3 is 0 Å². The summed E-state index contributed by atoms with van der Waals surface area (Å²) in [5.74, 6) is 1.49. The minimum Gasteiger partial charge on any atom is -0.357 e. The van der Waals surface area contributed by atoms with E-state index in [1.54, 1.807) is 0 Å². The zero-order valence-corrected chi connectivity index (χ0v) is 19.3. The van der Waals surface area contributed by atoms with E-state index in [2.05, 4.69) is 52.8 Å². The third-order valence-electron chi connectivity index (χ3n) is 6.01. The maximum absolute atomic E-state index is 12.3. The van der Waals surface area contributed by atoms with Crippen LogP contribution in [0, 0.1) is 0 Å². The van der Waals surface area contributed by atoms with Crippen molar-refractivity contribution in [3.8, 4) is 0 Å². The molecule has 162 valence electrons. The van der Waals surface area contributed by atoms with Crippen LogP contribution in [0.4, 0.5) is 0 Å². The van der Waals surface area contributed by atoms with E-state index in [1.807, 2.05) is 20.8 Å². The first kappa shape index (κ1) is 22.3. The van der Waals surface area contributed by atoms with Crippen LogP contribution in [0.3, 0.4) is 0 Å². The van der Waals surface area contributed by atoms with Gasteiger partial charge in [-0.05, 0) is 58.9 Å². The molecule has 6 heteroatoms. The van der Waals surface area contributed by atoms with Gasteiger partial charge in [-0.3, -0.25) is 14.1 Å². The zero-order chi connectivity index (χ0) is 20.9. The first-order valence-electron chi connectivity index (χ1n) is 11.1. The molecule has 0 amide bonds. The Balaban J connectivity index is 1.54. The molecule has 2 fully saturated rings. The van der Waals surface area contributed by atoms with Crippen LogP contribution in [0.5, 0.6) is 0 Å². The Morgan fingerprint density at radius 1 is 1.17 bits per heavy atom. The molecule has 3 atom stereocenters. The molecule has 0 saturated carbocycles. The molecule has 0 radical (unpaired) electrons. The van der Waals surface area contributed by atoms with E-state index in [0.717, 1.165) is 19.0 Å². The molecule has 2 aliphatic heterocycles. The Morgan fingerprint density at radius 2 is 1.83 bits per heavy atom. The van der Waals surface area contributed by atoms with Crippen molar-refractivity contribution >= 4 is 16.8 Å². The average molecular weight is 419 g/mol. The van der Waals surface area contributed by atoms with Crippen LogP contribution in [-0.2, 0) is 17.3 Å². The molecule has 1 aromatic rings. The van der Waals surface area contributed by atoms with E-state index >= 15 is 0 Å². The van der Waals surface area contributed by atoms with Crippen LogP contribution < -0.4 is 10.6 Å². The number of fused-ring (bicyclic) bond motifs is 2. The molecule has 3 rings (SSSR count). The van der Waals surface area contributed by atoms with Crippen molar-refractivity contribution in [3.05, 3.63) is 35.9 Å². The van der Waals surface area contributed by atoms with Crippen molar-refractivity contribution in [1.29, 1.82) is 0 Å². The Morgan fingerprint density at radius 3 is 2.41 bits per heavy atom. The van der Waals surface area contributed by atoms with Crippen molar-refractivity contribution in [2.75, 3.05) is 18.8 Å². The third kappa shape index (κ3) is 6.29. The lowest BCUT2D eigenvalue weighted by Crippen LogP contribution is -2.52. The highest BCUT2D eigenvalue weighted by molar-refractivity contribution is 7.86. The number of hydrogen-bond acceptors (Lipinski definition) is 3. The molecule has 0 aromatic heterocycles.